The summed E-state index contributed by atoms with van der Waals surface area (Å²) in [6, 6.07) is 9.25. The van der Waals surface area contributed by atoms with Gasteiger partial charge in [-0.2, -0.15) is 0 Å². The van der Waals surface area contributed by atoms with Crippen LogP contribution in [-0.2, 0) is 17.8 Å². The minimum absolute atomic E-state index is 0.198. The van der Waals surface area contributed by atoms with Crippen molar-refractivity contribution in [1.82, 2.24) is 15.6 Å². The fraction of sp³-hybridized carbons (Fsp3) is 0.429. The fourth-order valence-corrected chi connectivity index (χ4v) is 3.05. The third kappa shape index (κ3) is 5.42. The Morgan fingerprint density at radius 3 is 2.82 bits per heavy atom. The first kappa shape index (κ1) is 20.1. The predicted octanol–water partition coefficient (Wildman–Crippen LogP) is 2.62. The molecule has 1 aromatic heterocycles. The van der Waals surface area contributed by atoms with E-state index in [1.807, 2.05) is 25.3 Å². The highest BCUT2D eigenvalue weighted by Gasteiger charge is 2.15. The number of pyridine rings is 1. The van der Waals surface area contributed by atoms with Crippen molar-refractivity contribution < 1.29 is 9.13 Å². The number of hydrogen-bond acceptors (Lipinski definition) is 4. The first-order valence-electron chi connectivity index (χ1n) is 9.71. The molecule has 2 aromatic rings. The third-order valence-corrected chi connectivity index (χ3v) is 4.62. The Bertz CT molecular complexity index is 805. The van der Waals surface area contributed by atoms with Gasteiger partial charge in [0.2, 0.25) is 0 Å². The van der Waals surface area contributed by atoms with Crippen molar-refractivity contribution in [3.63, 3.8) is 0 Å². The second kappa shape index (κ2) is 10.0. The number of nitrogens with zero attached hydrogens (tertiary/aromatic N) is 3. The van der Waals surface area contributed by atoms with Gasteiger partial charge in [0.1, 0.15) is 11.6 Å². The lowest BCUT2D eigenvalue weighted by atomic mass is 10.1. The average molecular weight is 385 g/mol. The summed E-state index contributed by atoms with van der Waals surface area (Å²) in [4.78, 5) is 11.4. The van der Waals surface area contributed by atoms with E-state index in [0.717, 1.165) is 49.8 Å². The number of aryl methyl sites for hydroxylation is 1. The highest BCUT2D eigenvalue weighted by atomic mass is 19.1. The standard InChI is InChI=1S/C21H28FN5O/c1-3-23-21(25-14-17-7-6-16(2)19(22)13-17)26-15-18-5-4-8-24-20(18)27-9-11-28-12-10-27/h4-8,13H,3,9-12,14-15H2,1-2H3,(H2,23,25,26). The molecule has 0 amide bonds. The molecule has 150 valence electrons. The van der Waals surface area contributed by atoms with Crippen molar-refractivity contribution in [2.75, 3.05) is 37.7 Å². The Morgan fingerprint density at radius 2 is 2.07 bits per heavy atom. The third-order valence-electron chi connectivity index (χ3n) is 4.62. The van der Waals surface area contributed by atoms with Gasteiger partial charge in [-0.1, -0.05) is 18.2 Å². The first-order chi connectivity index (χ1) is 13.7. The van der Waals surface area contributed by atoms with Gasteiger partial charge in [-0.15, -0.1) is 0 Å². The minimum atomic E-state index is -0.198. The van der Waals surface area contributed by atoms with Crippen LogP contribution in [0.4, 0.5) is 10.2 Å². The maximum Gasteiger partial charge on any atom is 0.191 e. The van der Waals surface area contributed by atoms with Gasteiger partial charge in [0.15, 0.2) is 5.96 Å². The van der Waals surface area contributed by atoms with Crippen molar-refractivity contribution in [1.29, 1.82) is 0 Å². The molecule has 0 atom stereocenters. The van der Waals surface area contributed by atoms with Gasteiger partial charge < -0.3 is 20.3 Å². The lowest BCUT2D eigenvalue weighted by Gasteiger charge is -2.29. The molecule has 3 rings (SSSR count). The highest BCUT2D eigenvalue weighted by molar-refractivity contribution is 5.79. The SMILES string of the molecule is CCNC(=NCc1ccc(C)c(F)c1)NCc1cccnc1N1CCOCC1. The number of anilines is 1. The van der Waals surface area contributed by atoms with Crippen molar-refractivity contribution >= 4 is 11.8 Å². The van der Waals surface area contributed by atoms with Gasteiger partial charge >= 0.3 is 0 Å². The lowest BCUT2D eigenvalue weighted by molar-refractivity contribution is 0.122. The summed E-state index contributed by atoms with van der Waals surface area (Å²) in [5.74, 6) is 1.48. The Kier molecular flexibility index (Phi) is 7.19. The summed E-state index contributed by atoms with van der Waals surface area (Å²) in [5.41, 5.74) is 2.59. The van der Waals surface area contributed by atoms with Crippen LogP contribution in [0.3, 0.4) is 0 Å². The molecule has 6 nitrogen and oxygen atoms in total. The van der Waals surface area contributed by atoms with Crippen molar-refractivity contribution in [2.24, 2.45) is 4.99 Å². The largest absolute Gasteiger partial charge is 0.378 e. The van der Waals surface area contributed by atoms with Crippen LogP contribution in [-0.4, -0.2) is 43.8 Å². The van der Waals surface area contributed by atoms with Crippen LogP contribution in [0.15, 0.2) is 41.5 Å². The van der Waals surface area contributed by atoms with Crippen LogP contribution in [0.1, 0.15) is 23.6 Å². The monoisotopic (exact) mass is 385 g/mol. The van der Waals surface area contributed by atoms with Crippen LogP contribution >= 0.6 is 0 Å². The van der Waals surface area contributed by atoms with Gasteiger partial charge in [-0.3, -0.25) is 0 Å². The molecule has 28 heavy (non-hydrogen) atoms. The van der Waals surface area contributed by atoms with Crippen molar-refractivity contribution in [3.8, 4) is 0 Å². The van der Waals surface area contributed by atoms with E-state index in [4.69, 9.17) is 4.74 Å². The zero-order chi connectivity index (χ0) is 19.8. The topological polar surface area (TPSA) is 61.8 Å². The summed E-state index contributed by atoms with van der Waals surface area (Å²) < 4.78 is 19.2. The molecule has 0 radical (unpaired) electrons. The number of ether oxygens (including phenoxy) is 1. The van der Waals surface area contributed by atoms with E-state index in [-0.39, 0.29) is 5.82 Å². The number of morpholine rings is 1. The number of hydrogen-bond donors (Lipinski definition) is 2. The summed E-state index contributed by atoms with van der Waals surface area (Å²) in [5, 5.41) is 6.60. The van der Waals surface area contributed by atoms with Crippen LogP contribution in [0.25, 0.3) is 0 Å². The van der Waals surface area contributed by atoms with Crippen LogP contribution in [0, 0.1) is 12.7 Å². The first-order valence-corrected chi connectivity index (χ1v) is 9.71. The number of benzene rings is 1. The van der Waals surface area contributed by atoms with Crippen molar-refractivity contribution in [3.05, 3.63) is 59.0 Å². The lowest BCUT2D eigenvalue weighted by Crippen LogP contribution is -2.39. The van der Waals surface area contributed by atoms with Crippen LogP contribution in [0.5, 0.6) is 0 Å². The molecule has 0 saturated carbocycles. The van der Waals surface area contributed by atoms with E-state index in [1.165, 1.54) is 0 Å². The number of rotatable bonds is 6. The smallest absolute Gasteiger partial charge is 0.191 e. The van der Waals surface area contributed by atoms with E-state index in [2.05, 4.69) is 31.6 Å². The average Bonchev–Trinajstić information content (AvgIpc) is 2.73. The molecule has 1 aromatic carbocycles. The highest BCUT2D eigenvalue weighted by Crippen LogP contribution is 2.18. The summed E-state index contributed by atoms with van der Waals surface area (Å²) in [6.45, 7) is 8.68. The van der Waals surface area contributed by atoms with E-state index >= 15 is 0 Å². The summed E-state index contributed by atoms with van der Waals surface area (Å²) in [7, 11) is 0. The molecular formula is C21H28FN5O. The van der Waals surface area contributed by atoms with Crippen LogP contribution < -0.4 is 15.5 Å². The summed E-state index contributed by atoms with van der Waals surface area (Å²) in [6.07, 6.45) is 1.82. The van der Waals surface area contributed by atoms with Gasteiger partial charge in [-0.05, 0) is 37.1 Å². The maximum absolute atomic E-state index is 13.7. The predicted molar refractivity (Wildman–Crippen MR) is 110 cm³/mol. The molecule has 1 aliphatic rings. The molecule has 0 bridgehead atoms. The molecular weight excluding hydrogens is 357 g/mol. The number of nitrogens with one attached hydrogen (secondary N) is 2. The number of guanidine groups is 1. The molecule has 7 heteroatoms. The number of aromatic nitrogens is 1. The molecule has 1 fully saturated rings. The summed E-state index contributed by atoms with van der Waals surface area (Å²) >= 11 is 0. The number of aliphatic imine (C=N–C) groups is 1. The second-order valence-electron chi connectivity index (χ2n) is 6.72. The Balaban J connectivity index is 1.67. The minimum Gasteiger partial charge on any atom is -0.378 e. The number of halogens is 1. The molecule has 0 unspecified atom stereocenters. The molecule has 0 spiro atoms. The van der Waals surface area contributed by atoms with Gasteiger partial charge in [-0.25, -0.2) is 14.4 Å². The van der Waals surface area contributed by atoms with Gasteiger partial charge in [0, 0.05) is 37.9 Å². The molecule has 1 saturated heterocycles. The van der Waals surface area contributed by atoms with Gasteiger partial charge in [0.05, 0.1) is 19.8 Å². The fourth-order valence-electron chi connectivity index (χ4n) is 3.05. The second-order valence-corrected chi connectivity index (χ2v) is 6.72. The molecule has 2 N–H and O–H groups in total. The zero-order valence-corrected chi connectivity index (χ0v) is 16.5. The van der Waals surface area contributed by atoms with Crippen molar-refractivity contribution in [2.45, 2.75) is 26.9 Å². The Hall–Kier alpha value is -2.67. The molecule has 2 heterocycles. The Labute approximate surface area is 165 Å². The molecule has 1 aliphatic heterocycles. The van der Waals surface area contributed by atoms with Gasteiger partial charge in [0.25, 0.3) is 0 Å². The molecule has 0 aliphatic carbocycles. The van der Waals surface area contributed by atoms with E-state index in [0.29, 0.717) is 24.6 Å². The zero-order valence-electron chi connectivity index (χ0n) is 16.5. The van der Waals surface area contributed by atoms with E-state index < -0.39 is 0 Å². The van der Waals surface area contributed by atoms with Crippen LogP contribution in [0.2, 0.25) is 0 Å². The maximum atomic E-state index is 13.7. The normalized spacial score (nSPS) is 14.8. The van der Waals surface area contributed by atoms with E-state index in [9.17, 15) is 4.39 Å². The van der Waals surface area contributed by atoms with E-state index in [1.54, 1.807) is 19.1 Å². The quantitative estimate of drug-likeness (QED) is 0.591. The Morgan fingerprint density at radius 1 is 1.25 bits per heavy atom.